The maximum Gasteiger partial charge on any atom is 0.251 e. The number of carbonyl (C=O) groups is 8. The summed E-state index contributed by atoms with van der Waals surface area (Å²) in [5.74, 6) is -2.71. The fourth-order valence-electron chi connectivity index (χ4n) is 10.2. The van der Waals surface area contributed by atoms with Crippen LogP contribution in [0.5, 0.6) is 0 Å². The first kappa shape index (κ1) is 57.2. The highest BCUT2D eigenvalue weighted by Gasteiger charge is 2.25. The summed E-state index contributed by atoms with van der Waals surface area (Å²) in [6.07, 6.45) is 0. The van der Waals surface area contributed by atoms with Crippen LogP contribution in [0.15, 0.2) is 72.8 Å². The number of hydrogen-bond acceptors (Lipinski definition) is 12. The lowest BCUT2D eigenvalue weighted by molar-refractivity contribution is 0.0900. The van der Waals surface area contributed by atoms with Crippen molar-refractivity contribution in [1.82, 2.24) is 62.1 Å². The van der Waals surface area contributed by atoms with Gasteiger partial charge in [-0.15, -0.1) is 0 Å². The number of carbonyl (C=O) groups excluding carboxylic acids is 8. The van der Waals surface area contributed by atoms with Gasteiger partial charge in [-0.05, 0) is 105 Å². The van der Waals surface area contributed by atoms with Gasteiger partial charge in [-0.2, -0.15) is 0 Å². The third-order valence-corrected chi connectivity index (χ3v) is 14.8. The lowest BCUT2D eigenvalue weighted by Gasteiger charge is -2.34. The maximum absolute atomic E-state index is 13.9. The van der Waals surface area contributed by atoms with Gasteiger partial charge < -0.3 is 42.5 Å². The van der Waals surface area contributed by atoms with Crippen LogP contribution < -0.4 is 42.5 Å². The fraction of sp³-hybridized carbons (Fsp3) is 0.439. The van der Waals surface area contributed by atoms with E-state index < -0.39 is 0 Å². The van der Waals surface area contributed by atoms with Crippen LogP contribution in [0.4, 0.5) is 0 Å². The molecule has 20 heteroatoms. The molecule has 0 fully saturated rings. The summed E-state index contributed by atoms with van der Waals surface area (Å²) in [4.78, 5) is 119. The molecule has 0 aromatic heterocycles. The first-order valence-electron chi connectivity index (χ1n) is 26.7. The Bertz CT molecular complexity index is 2660. The SMILES string of the molecule is Cc1c2cccc1C(=O)NCCN1CCNC(=O)c3cccc(c3C)C(=O)NCCN(CCNC2=O)CCN2CCNC(=O)c3cccc(c3C)C(=O)NCCN(CCNC(=O)c3cccc(c3C)C(=O)NCC2)C(C)C1. The van der Waals surface area contributed by atoms with E-state index in [9.17, 15) is 38.4 Å². The van der Waals surface area contributed by atoms with E-state index in [1.807, 2.05) is 6.92 Å². The molecule has 4 aliphatic rings. The number of rotatable bonds is 0. The van der Waals surface area contributed by atoms with Crippen molar-refractivity contribution in [3.8, 4) is 0 Å². The fourth-order valence-corrected chi connectivity index (χ4v) is 10.2. The molecule has 4 aromatic carbocycles. The highest BCUT2D eigenvalue weighted by molar-refractivity contribution is 6.04. The van der Waals surface area contributed by atoms with Crippen molar-refractivity contribution in [3.05, 3.63) is 140 Å². The van der Waals surface area contributed by atoms with Crippen molar-refractivity contribution < 1.29 is 38.4 Å². The second-order valence-electron chi connectivity index (χ2n) is 19.8. The Kier molecular flexibility index (Phi) is 20.4. The van der Waals surface area contributed by atoms with Crippen LogP contribution in [0, 0.1) is 27.7 Å². The minimum absolute atomic E-state index is 0.218. The van der Waals surface area contributed by atoms with Gasteiger partial charge in [0.05, 0.1) is 0 Å². The van der Waals surface area contributed by atoms with Crippen molar-refractivity contribution in [2.45, 2.75) is 40.7 Å². The van der Waals surface area contributed by atoms with Gasteiger partial charge in [0.2, 0.25) is 0 Å². The minimum atomic E-state index is -0.339. The third-order valence-electron chi connectivity index (χ3n) is 14.8. The van der Waals surface area contributed by atoms with E-state index in [1.165, 1.54) is 0 Å². The number of nitrogens with one attached hydrogen (secondary N) is 8. The zero-order valence-electron chi connectivity index (χ0n) is 45.0. The van der Waals surface area contributed by atoms with Gasteiger partial charge in [0.15, 0.2) is 0 Å². The molecule has 77 heavy (non-hydrogen) atoms. The molecular weight excluding hydrogens is 981 g/mol. The molecular formula is C57H74N12O8. The summed E-state index contributed by atoms with van der Waals surface area (Å²) in [7, 11) is 0. The first-order valence-corrected chi connectivity index (χ1v) is 26.7. The molecule has 20 nitrogen and oxygen atoms in total. The van der Waals surface area contributed by atoms with Gasteiger partial charge in [0.1, 0.15) is 0 Å². The highest BCUT2D eigenvalue weighted by Crippen LogP contribution is 2.18. The summed E-state index contributed by atoms with van der Waals surface area (Å²) >= 11 is 0. The van der Waals surface area contributed by atoms with Gasteiger partial charge in [-0.1, -0.05) is 24.3 Å². The predicted molar refractivity (Wildman–Crippen MR) is 294 cm³/mol. The number of nitrogens with zero attached hydrogens (tertiary/aromatic N) is 4. The average Bonchev–Trinajstić information content (AvgIpc) is 3.40. The Labute approximate surface area is 450 Å². The maximum atomic E-state index is 13.9. The van der Waals surface area contributed by atoms with Crippen LogP contribution in [0.1, 0.15) is 112 Å². The summed E-state index contributed by atoms with van der Waals surface area (Å²) in [6, 6.07) is 20.0. The van der Waals surface area contributed by atoms with E-state index in [0.717, 1.165) is 0 Å². The van der Waals surface area contributed by atoms with Gasteiger partial charge in [-0.3, -0.25) is 58.0 Å². The monoisotopic (exact) mass is 1050 g/mol. The van der Waals surface area contributed by atoms with Gasteiger partial charge in [0, 0.05) is 175 Å². The van der Waals surface area contributed by atoms with Crippen molar-refractivity contribution in [3.63, 3.8) is 0 Å². The molecule has 8 N–H and O–H groups in total. The molecule has 4 aromatic rings. The van der Waals surface area contributed by atoms with E-state index in [2.05, 4.69) is 62.1 Å². The molecule has 0 saturated carbocycles. The van der Waals surface area contributed by atoms with E-state index in [0.29, 0.717) is 139 Å². The molecule has 12 bridgehead atoms. The number of benzene rings is 4. The highest BCUT2D eigenvalue weighted by atomic mass is 16.2. The van der Waals surface area contributed by atoms with E-state index in [4.69, 9.17) is 0 Å². The summed E-state index contributed by atoms with van der Waals surface area (Å²) in [6.45, 7) is 15.0. The van der Waals surface area contributed by atoms with Crippen LogP contribution in [-0.2, 0) is 0 Å². The first-order chi connectivity index (χ1) is 37.1. The Hall–Kier alpha value is -7.52. The predicted octanol–water partition coefficient (Wildman–Crippen LogP) is 1.50. The minimum Gasteiger partial charge on any atom is -0.351 e. The Morgan fingerprint density at radius 3 is 0.714 bits per heavy atom. The van der Waals surface area contributed by atoms with Crippen molar-refractivity contribution in [2.75, 3.05) is 124 Å². The molecule has 0 radical (unpaired) electrons. The number of amides is 8. The topological polar surface area (TPSA) is 246 Å². The summed E-state index contributed by atoms with van der Waals surface area (Å²) < 4.78 is 0. The Morgan fingerprint density at radius 1 is 0.299 bits per heavy atom. The van der Waals surface area contributed by atoms with E-state index in [-0.39, 0.29) is 106 Å². The van der Waals surface area contributed by atoms with Crippen LogP contribution in [0.3, 0.4) is 0 Å². The van der Waals surface area contributed by atoms with Crippen LogP contribution in [0.2, 0.25) is 0 Å². The van der Waals surface area contributed by atoms with Crippen molar-refractivity contribution in [2.24, 2.45) is 0 Å². The van der Waals surface area contributed by atoms with E-state index in [1.54, 1.807) is 100 Å². The smallest absolute Gasteiger partial charge is 0.251 e. The zero-order chi connectivity index (χ0) is 55.0. The van der Waals surface area contributed by atoms with Gasteiger partial charge in [0.25, 0.3) is 47.3 Å². The lowest BCUT2D eigenvalue weighted by atomic mass is 10.0. The lowest BCUT2D eigenvalue weighted by Crippen LogP contribution is -2.50. The second-order valence-corrected chi connectivity index (χ2v) is 19.8. The molecule has 0 saturated heterocycles. The normalized spacial score (nSPS) is 22.8. The number of fused-ring (bicyclic) bond motifs is 16. The summed E-state index contributed by atoms with van der Waals surface area (Å²) in [5, 5.41) is 24.4. The van der Waals surface area contributed by atoms with Crippen LogP contribution >= 0.6 is 0 Å². The average molecular weight is 1060 g/mol. The molecule has 0 spiro atoms. The van der Waals surface area contributed by atoms with Crippen molar-refractivity contribution in [1.29, 1.82) is 0 Å². The van der Waals surface area contributed by atoms with Gasteiger partial charge in [-0.25, -0.2) is 0 Å². The largest absolute Gasteiger partial charge is 0.351 e. The summed E-state index contributed by atoms with van der Waals surface area (Å²) in [5.41, 5.74) is 4.99. The molecule has 8 rings (SSSR count). The van der Waals surface area contributed by atoms with Crippen LogP contribution in [0.25, 0.3) is 0 Å². The second kappa shape index (κ2) is 27.5. The molecule has 0 aliphatic carbocycles. The standard InChI is InChI=1S/C57H74N12O8/c1-37-36-68-30-22-62-54(74)46-14-6-10-42(38(46)2)50(70)58-18-26-66(27-19-59-51(71)43-11-7-15-47(39(43)3)55(75)63-23-31-68)34-35-67-28-20-60-52(72)44-12-8-16-48(40(44)4)56(76)64-24-32-69(37)33-25-65-57(77)49-17-9-13-45(41(49)5)53(73)61-21-29-67/h6-17,37H,18-36H2,1-5H3,(H,58,70)(H,59,71)(H,60,72)(H,61,73)(H,62,74)(H,63,75)(H,64,76)(H,65,77). The van der Waals surface area contributed by atoms with Gasteiger partial charge >= 0.3 is 0 Å². The Balaban J connectivity index is 1.30. The van der Waals surface area contributed by atoms with E-state index >= 15 is 0 Å². The van der Waals surface area contributed by atoms with Crippen LogP contribution in [-0.4, -0.2) is 197 Å². The number of hydrogen-bond donors (Lipinski definition) is 8. The molecule has 8 amide bonds. The zero-order valence-corrected chi connectivity index (χ0v) is 45.0. The van der Waals surface area contributed by atoms with Crippen molar-refractivity contribution >= 4 is 47.3 Å². The molecule has 4 aliphatic heterocycles. The quantitative estimate of drug-likeness (QED) is 0.125. The molecule has 1 atom stereocenters. The molecule has 410 valence electrons. The Morgan fingerprint density at radius 2 is 0.494 bits per heavy atom. The molecule has 1 unspecified atom stereocenters. The molecule has 4 heterocycles. The third kappa shape index (κ3) is 15.1.